The first kappa shape index (κ1) is 27.2. The zero-order valence-corrected chi connectivity index (χ0v) is 21.8. The number of hydrogen-bond acceptors (Lipinski definition) is 8. The second-order valence-corrected chi connectivity index (χ2v) is 11.1. The highest BCUT2D eigenvalue weighted by Crippen LogP contribution is 2.32. The molecule has 0 saturated carbocycles. The van der Waals surface area contributed by atoms with Gasteiger partial charge in [0.25, 0.3) is 15.7 Å². The number of aliphatic hydroxyl groups excluding tert-OH is 1. The van der Waals surface area contributed by atoms with Gasteiger partial charge in [-0.15, -0.1) is 0 Å². The van der Waals surface area contributed by atoms with Gasteiger partial charge in [0, 0.05) is 41.7 Å². The van der Waals surface area contributed by atoms with Crippen LogP contribution in [0, 0.1) is 30.9 Å². The average molecular weight is 542 g/mol. The summed E-state index contributed by atoms with van der Waals surface area (Å²) in [5.41, 5.74) is 3.13. The standard InChI is InChI=1S/C26H27N3O8S/c1-16-8-10-19(11-9-16)28-17(2)12-21(18(28)3)24(31)15-37-26(32)23-13-20(30)14-27(23)38(35,36)25-7-5-4-6-22(25)29(33)34/h4-12,20,23,30H,13-15H2,1-3H3/t20-,23+/m0/s1. The van der Waals surface area contributed by atoms with Gasteiger partial charge in [-0.1, -0.05) is 29.8 Å². The molecule has 12 heteroatoms. The topological polar surface area (TPSA) is 149 Å². The summed E-state index contributed by atoms with van der Waals surface area (Å²) in [5.74, 6) is -1.50. The Kier molecular flexibility index (Phi) is 7.49. The van der Waals surface area contributed by atoms with E-state index in [2.05, 4.69) is 0 Å². The normalized spacial score (nSPS) is 17.9. The Morgan fingerprint density at radius 1 is 1.11 bits per heavy atom. The molecule has 0 bridgehead atoms. The van der Waals surface area contributed by atoms with Crippen LogP contribution in [0.25, 0.3) is 5.69 Å². The van der Waals surface area contributed by atoms with Gasteiger partial charge in [-0.2, -0.15) is 4.31 Å². The highest BCUT2D eigenvalue weighted by Gasteiger charge is 2.46. The number of aryl methyl sites for hydroxylation is 2. The molecular weight excluding hydrogens is 514 g/mol. The molecule has 2 atom stereocenters. The third kappa shape index (κ3) is 5.10. The minimum Gasteiger partial charge on any atom is -0.456 e. The zero-order valence-electron chi connectivity index (χ0n) is 21.0. The number of β-amino-alcohol motifs (C(OH)–C–C–N with tert-alkyl or cyclic N) is 1. The molecule has 0 aliphatic carbocycles. The number of hydrogen-bond donors (Lipinski definition) is 1. The Hall–Kier alpha value is -3.87. The minimum absolute atomic E-state index is 0.269. The Balaban J connectivity index is 1.52. The summed E-state index contributed by atoms with van der Waals surface area (Å²) in [7, 11) is -4.53. The van der Waals surface area contributed by atoms with E-state index in [4.69, 9.17) is 4.74 Å². The van der Waals surface area contributed by atoms with Crippen molar-refractivity contribution >= 4 is 27.5 Å². The maximum absolute atomic E-state index is 13.3. The monoisotopic (exact) mass is 541 g/mol. The summed E-state index contributed by atoms with van der Waals surface area (Å²) >= 11 is 0. The Morgan fingerprint density at radius 3 is 2.42 bits per heavy atom. The SMILES string of the molecule is Cc1ccc(-n2c(C)cc(C(=O)COC(=O)[C@H]3C[C@H](O)CN3S(=O)(=O)c3ccccc3[N+](=O)[O-])c2C)cc1. The van der Waals surface area contributed by atoms with Crippen LogP contribution in [0.3, 0.4) is 0 Å². The number of sulfonamides is 1. The molecule has 0 radical (unpaired) electrons. The Morgan fingerprint density at radius 2 is 1.76 bits per heavy atom. The number of Topliss-reactive ketones (excluding diaryl/α,β-unsaturated/α-hetero) is 1. The summed E-state index contributed by atoms with van der Waals surface area (Å²) < 4.78 is 34.3. The lowest BCUT2D eigenvalue weighted by Crippen LogP contribution is -2.42. The first-order chi connectivity index (χ1) is 17.9. The number of carbonyl (C=O) groups is 2. The fourth-order valence-electron chi connectivity index (χ4n) is 4.66. The second-order valence-electron chi connectivity index (χ2n) is 9.19. The van der Waals surface area contributed by atoms with Crippen molar-refractivity contribution in [1.82, 2.24) is 8.87 Å². The van der Waals surface area contributed by atoms with Gasteiger partial charge in [0.05, 0.1) is 11.0 Å². The molecule has 11 nitrogen and oxygen atoms in total. The number of ketones is 1. The first-order valence-corrected chi connectivity index (χ1v) is 13.2. The smallest absolute Gasteiger partial charge is 0.325 e. The Labute approximate surface area is 219 Å². The van der Waals surface area contributed by atoms with Gasteiger partial charge < -0.3 is 14.4 Å². The predicted octanol–water partition coefficient (Wildman–Crippen LogP) is 2.86. The summed E-state index contributed by atoms with van der Waals surface area (Å²) in [6.07, 6.45) is -1.45. The molecule has 200 valence electrons. The van der Waals surface area contributed by atoms with Crippen molar-refractivity contribution in [3.8, 4) is 5.69 Å². The predicted molar refractivity (Wildman–Crippen MR) is 137 cm³/mol. The molecule has 3 aromatic rings. The maximum Gasteiger partial charge on any atom is 0.325 e. The number of carbonyl (C=O) groups excluding carboxylic acids is 2. The summed E-state index contributed by atoms with van der Waals surface area (Å²) in [6, 6.07) is 12.8. The van der Waals surface area contributed by atoms with Crippen LogP contribution in [0.2, 0.25) is 0 Å². The van der Waals surface area contributed by atoms with Crippen LogP contribution >= 0.6 is 0 Å². The van der Waals surface area contributed by atoms with Crippen molar-refractivity contribution in [3.63, 3.8) is 0 Å². The average Bonchev–Trinajstić information content (AvgIpc) is 3.42. The number of ether oxygens (including phenoxy) is 1. The van der Waals surface area contributed by atoms with Gasteiger partial charge in [-0.25, -0.2) is 8.42 Å². The molecule has 1 aliphatic heterocycles. The van der Waals surface area contributed by atoms with Crippen molar-refractivity contribution in [2.45, 2.75) is 44.2 Å². The molecule has 1 aliphatic rings. The maximum atomic E-state index is 13.3. The number of aliphatic hydroxyl groups is 1. The fourth-order valence-corrected chi connectivity index (χ4v) is 6.45. The van der Waals surface area contributed by atoms with Crippen LogP contribution in [0.5, 0.6) is 0 Å². The molecule has 1 aromatic heterocycles. The van der Waals surface area contributed by atoms with E-state index in [0.29, 0.717) is 15.6 Å². The van der Waals surface area contributed by atoms with Gasteiger partial charge in [-0.05, 0) is 45.0 Å². The number of aromatic nitrogens is 1. The highest BCUT2D eigenvalue weighted by molar-refractivity contribution is 7.89. The molecule has 1 fully saturated rings. The van der Waals surface area contributed by atoms with Crippen LogP contribution in [0.4, 0.5) is 5.69 Å². The fraction of sp³-hybridized carbons (Fsp3) is 0.308. The van der Waals surface area contributed by atoms with Crippen LogP contribution in [0.1, 0.15) is 33.7 Å². The molecular formula is C26H27N3O8S. The van der Waals surface area contributed by atoms with E-state index in [9.17, 15) is 33.2 Å². The summed E-state index contributed by atoms with van der Waals surface area (Å²) in [4.78, 5) is 35.8. The van der Waals surface area contributed by atoms with Crippen LogP contribution in [-0.2, 0) is 19.6 Å². The lowest BCUT2D eigenvalue weighted by Gasteiger charge is -2.22. The number of nitro groups is 1. The molecule has 4 rings (SSSR count). The number of nitrogens with zero attached hydrogens (tertiary/aromatic N) is 3. The van der Waals surface area contributed by atoms with E-state index in [1.807, 2.05) is 42.7 Å². The first-order valence-electron chi connectivity index (χ1n) is 11.8. The van der Waals surface area contributed by atoms with Gasteiger partial charge in [0.1, 0.15) is 6.04 Å². The summed E-state index contributed by atoms with van der Waals surface area (Å²) in [6.45, 7) is 4.51. The molecule has 2 heterocycles. The molecule has 0 unspecified atom stereocenters. The van der Waals surface area contributed by atoms with E-state index in [0.717, 1.165) is 29.1 Å². The largest absolute Gasteiger partial charge is 0.456 e. The van der Waals surface area contributed by atoms with Crippen molar-refractivity contribution in [3.05, 3.63) is 87.2 Å². The van der Waals surface area contributed by atoms with Gasteiger partial charge in [0.2, 0.25) is 5.78 Å². The molecule has 38 heavy (non-hydrogen) atoms. The van der Waals surface area contributed by atoms with Crippen molar-refractivity contribution in [1.29, 1.82) is 0 Å². The van der Waals surface area contributed by atoms with Crippen molar-refractivity contribution < 1.29 is 32.8 Å². The molecule has 1 N–H and O–H groups in total. The third-order valence-electron chi connectivity index (χ3n) is 6.52. The van der Waals surface area contributed by atoms with Crippen LogP contribution < -0.4 is 0 Å². The quantitative estimate of drug-likeness (QED) is 0.198. The lowest BCUT2D eigenvalue weighted by atomic mass is 10.1. The van der Waals surface area contributed by atoms with Crippen molar-refractivity contribution in [2.24, 2.45) is 0 Å². The van der Waals surface area contributed by atoms with E-state index < -0.39 is 62.6 Å². The number of nitro benzene ring substituents is 1. The van der Waals surface area contributed by atoms with Crippen LogP contribution in [0.15, 0.2) is 59.5 Å². The number of rotatable bonds is 8. The minimum atomic E-state index is -4.53. The molecule has 0 spiro atoms. The molecule has 2 aromatic carbocycles. The van der Waals surface area contributed by atoms with E-state index in [1.54, 1.807) is 13.0 Å². The Bertz CT molecular complexity index is 1510. The lowest BCUT2D eigenvalue weighted by molar-refractivity contribution is -0.387. The van der Waals surface area contributed by atoms with Gasteiger partial charge >= 0.3 is 5.97 Å². The van der Waals surface area contributed by atoms with Crippen LogP contribution in [-0.4, -0.2) is 64.4 Å². The number of para-hydroxylation sites is 1. The number of esters is 1. The second kappa shape index (κ2) is 10.5. The van der Waals surface area contributed by atoms with E-state index >= 15 is 0 Å². The summed E-state index contributed by atoms with van der Waals surface area (Å²) in [5, 5.41) is 21.5. The van der Waals surface area contributed by atoms with Gasteiger partial charge in [0.15, 0.2) is 11.5 Å². The molecule has 0 amide bonds. The molecule has 1 saturated heterocycles. The van der Waals surface area contributed by atoms with Gasteiger partial charge in [-0.3, -0.25) is 19.7 Å². The van der Waals surface area contributed by atoms with E-state index in [-0.39, 0.29) is 6.42 Å². The highest BCUT2D eigenvalue weighted by atomic mass is 32.2. The zero-order chi connectivity index (χ0) is 27.8. The van der Waals surface area contributed by atoms with Crippen molar-refractivity contribution in [2.75, 3.05) is 13.2 Å². The number of benzene rings is 2. The third-order valence-corrected chi connectivity index (χ3v) is 8.45. The van der Waals surface area contributed by atoms with E-state index in [1.165, 1.54) is 12.1 Å².